The molecule has 1 aliphatic carbocycles. The van der Waals surface area contributed by atoms with Crippen molar-refractivity contribution in [2.75, 3.05) is 0 Å². The molecule has 0 bridgehead atoms. The van der Waals surface area contributed by atoms with Gasteiger partial charge in [0.1, 0.15) is 11.7 Å². The quantitative estimate of drug-likeness (QED) is 0.858. The van der Waals surface area contributed by atoms with Gasteiger partial charge in [-0.25, -0.2) is 4.79 Å². The molecular weight excluding hydrogens is 260 g/mol. The van der Waals surface area contributed by atoms with Gasteiger partial charge in [0.15, 0.2) is 5.58 Å². The van der Waals surface area contributed by atoms with Gasteiger partial charge in [0.2, 0.25) is 5.91 Å². The summed E-state index contributed by atoms with van der Waals surface area (Å²) in [4.78, 5) is 23.0. The molecule has 1 unspecified atom stereocenters. The number of carboxylic acid groups (broad SMARTS) is 1. The molecule has 1 amide bonds. The van der Waals surface area contributed by atoms with E-state index in [1.165, 1.54) is 0 Å². The van der Waals surface area contributed by atoms with E-state index in [9.17, 15) is 9.59 Å². The molecule has 1 atom stereocenters. The van der Waals surface area contributed by atoms with E-state index < -0.39 is 12.0 Å². The van der Waals surface area contributed by atoms with Crippen LogP contribution in [0.3, 0.4) is 0 Å². The van der Waals surface area contributed by atoms with Crippen LogP contribution in [0.15, 0.2) is 28.8 Å². The van der Waals surface area contributed by atoms with Crippen LogP contribution < -0.4 is 5.32 Å². The zero-order valence-corrected chi connectivity index (χ0v) is 10.7. The second-order valence-electron chi connectivity index (χ2n) is 5.02. The first kappa shape index (κ1) is 12.7. The number of rotatable bonds is 5. The van der Waals surface area contributed by atoms with E-state index in [-0.39, 0.29) is 18.2 Å². The summed E-state index contributed by atoms with van der Waals surface area (Å²) < 4.78 is 5.12. The van der Waals surface area contributed by atoms with Crippen molar-refractivity contribution < 1.29 is 19.2 Å². The van der Waals surface area contributed by atoms with Gasteiger partial charge in [0.05, 0.1) is 6.42 Å². The fourth-order valence-corrected chi connectivity index (χ4v) is 2.25. The number of nitrogens with one attached hydrogen (secondary N) is 1. The summed E-state index contributed by atoms with van der Waals surface area (Å²) >= 11 is 0. The monoisotopic (exact) mass is 274 g/mol. The van der Waals surface area contributed by atoms with Gasteiger partial charge in [-0.2, -0.15) is 0 Å². The number of hydrogen-bond donors (Lipinski definition) is 2. The van der Waals surface area contributed by atoms with Gasteiger partial charge >= 0.3 is 5.97 Å². The van der Waals surface area contributed by atoms with Crippen molar-refractivity contribution >= 4 is 22.8 Å². The zero-order valence-electron chi connectivity index (χ0n) is 10.7. The van der Waals surface area contributed by atoms with E-state index in [0.717, 1.165) is 18.2 Å². The Labute approximate surface area is 114 Å². The summed E-state index contributed by atoms with van der Waals surface area (Å²) in [6, 6.07) is 6.47. The Morgan fingerprint density at radius 2 is 2.15 bits per heavy atom. The van der Waals surface area contributed by atoms with Crippen LogP contribution >= 0.6 is 0 Å². The first-order valence-electron chi connectivity index (χ1n) is 6.50. The van der Waals surface area contributed by atoms with Crippen molar-refractivity contribution in [2.24, 2.45) is 5.92 Å². The lowest BCUT2D eigenvalue weighted by molar-refractivity contribution is -0.142. The van der Waals surface area contributed by atoms with Crippen LogP contribution in [-0.4, -0.2) is 28.2 Å². The molecule has 0 aliphatic heterocycles. The summed E-state index contributed by atoms with van der Waals surface area (Å²) in [5.41, 5.74) is 1.14. The fraction of sp³-hybridized carbons (Fsp3) is 0.357. The van der Waals surface area contributed by atoms with Crippen molar-refractivity contribution in [2.45, 2.75) is 25.3 Å². The minimum atomic E-state index is -0.981. The molecule has 1 aromatic carbocycles. The molecule has 0 saturated heterocycles. The van der Waals surface area contributed by atoms with Gasteiger partial charge in [-0.3, -0.25) is 4.79 Å². The van der Waals surface area contributed by atoms with Gasteiger partial charge in [-0.15, -0.1) is 0 Å². The molecular formula is C14H14N2O4. The summed E-state index contributed by atoms with van der Waals surface area (Å²) in [7, 11) is 0. The number of fused-ring (bicyclic) bond motifs is 1. The van der Waals surface area contributed by atoms with Crippen LogP contribution in [0.25, 0.3) is 11.0 Å². The molecule has 1 saturated carbocycles. The Morgan fingerprint density at radius 1 is 1.40 bits per heavy atom. The normalized spacial score (nSPS) is 16.0. The predicted octanol–water partition coefficient (Wildman–Crippen LogP) is 1.35. The topological polar surface area (TPSA) is 92.4 Å². The van der Waals surface area contributed by atoms with Crippen LogP contribution in [0, 0.1) is 5.92 Å². The molecule has 1 aliphatic rings. The highest BCUT2D eigenvalue weighted by Crippen LogP contribution is 2.32. The summed E-state index contributed by atoms with van der Waals surface area (Å²) in [6.45, 7) is 0. The maximum atomic E-state index is 11.9. The number of para-hydroxylation sites is 1. The Balaban J connectivity index is 1.71. The molecule has 6 nitrogen and oxygen atoms in total. The van der Waals surface area contributed by atoms with Crippen molar-refractivity contribution in [3.63, 3.8) is 0 Å². The van der Waals surface area contributed by atoms with E-state index in [1.54, 1.807) is 6.07 Å². The van der Waals surface area contributed by atoms with E-state index in [4.69, 9.17) is 9.63 Å². The lowest BCUT2D eigenvalue weighted by atomic mass is 10.1. The molecule has 2 N–H and O–H groups in total. The molecule has 2 aromatic rings. The Kier molecular flexibility index (Phi) is 3.14. The molecule has 0 radical (unpaired) electrons. The highest BCUT2D eigenvalue weighted by Gasteiger charge is 2.37. The van der Waals surface area contributed by atoms with Gasteiger partial charge in [0, 0.05) is 5.39 Å². The van der Waals surface area contributed by atoms with Crippen LogP contribution in [0.1, 0.15) is 18.5 Å². The van der Waals surface area contributed by atoms with Crippen molar-refractivity contribution in [3.05, 3.63) is 30.0 Å². The number of carbonyl (C=O) groups excluding carboxylic acids is 1. The van der Waals surface area contributed by atoms with Gasteiger partial charge in [0.25, 0.3) is 0 Å². The van der Waals surface area contributed by atoms with Crippen LogP contribution in [0.2, 0.25) is 0 Å². The number of carbonyl (C=O) groups is 2. The van der Waals surface area contributed by atoms with E-state index in [0.29, 0.717) is 11.3 Å². The third kappa shape index (κ3) is 2.49. The van der Waals surface area contributed by atoms with E-state index in [1.807, 2.05) is 18.2 Å². The highest BCUT2D eigenvalue weighted by molar-refractivity contribution is 5.88. The standard InChI is InChI=1S/C14H14N2O4/c17-12(15-13(14(18)19)8-5-6-8)7-10-9-3-1-2-4-11(9)20-16-10/h1-4,8,13H,5-7H2,(H,15,17)(H,18,19). The minimum Gasteiger partial charge on any atom is -0.480 e. The van der Waals surface area contributed by atoms with Gasteiger partial charge in [-0.05, 0) is 30.9 Å². The summed E-state index contributed by atoms with van der Waals surface area (Å²) in [6.07, 6.45) is 1.72. The average molecular weight is 274 g/mol. The molecule has 6 heteroatoms. The molecule has 104 valence electrons. The van der Waals surface area contributed by atoms with Crippen molar-refractivity contribution in [1.29, 1.82) is 0 Å². The summed E-state index contributed by atoms with van der Waals surface area (Å²) in [5.74, 6) is -1.26. The van der Waals surface area contributed by atoms with E-state index >= 15 is 0 Å². The van der Waals surface area contributed by atoms with Crippen molar-refractivity contribution in [1.82, 2.24) is 10.5 Å². The van der Waals surface area contributed by atoms with Crippen LogP contribution in [-0.2, 0) is 16.0 Å². The number of hydrogen-bond acceptors (Lipinski definition) is 4. The van der Waals surface area contributed by atoms with Crippen LogP contribution in [0.4, 0.5) is 0 Å². The summed E-state index contributed by atoms with van der Waals surface area (Å²) in [5, 5.41) is 16.3. The molecule has 1 aromatic heterocycles. The first-order chi connectivity index (χ1) is 9.65. The second kappa shape index (κ2) is 4.96. The SMILES string of the molecule is O=C(Cc1noc2ccccc12)NC(C(=O)O)C1CC1. The first-order valence-corrected chi connectivity index (χ1v) is 6.50. The highest BCUT2D eigenvalue weighted by atomic mass is 16.5. The number of amides is 1. The molecule has 0 spiro atoms. The number of nitrogens with zero attached hydrogens (tertiary/aromatic N) is 1. The Bertz CT molecular complexity index is 660. The maximum Gasteiger partial charge on any atom is 0.326 e. The number of aromatic nitrogens is 1. The Morgan fingerprint density at radius 3 is 2.85 bits per heavy atom. The fourth-order valence-electron chi connectivity index (χ4n) is 2.25. The van der Waals surface area contributed by atoms with E-state index in [2.05, 4.69) is 10.5 Å². The third-order valence-corrected chi connectivity index (χ3v) is 3.46. The maximum absolute atomic E-state index is 11.9. The second-order valence-corrected chi connectivity index (χ2v) is 5.02. The van der Waals surface area contributed by atoms with Crippen molar-refractivity contribution in [3.8, 4) is 0 Å². The minimum absolute atomic E-state index is 0.0213. The number of aliphatic carboxylic acids is 1. The zero-order chi connectivity index (χ0) is 14.1. The van der Waals surface area contributed by atoms with Crippen LogP contribution in [0.5, 0.6) is 0 Å². The predicted molar refractivity (Wildman–Crippen MR) is 70.0 cm³/mol. The van der Waals surface area contributed by atoms with Gasteiger partial charge < -0.3 is 14.9 Å². The lowest BCUT2D eigenvalue weighted by Crippen LogP contribution is -2.43. The average Bonchev–Trinajstić information content (AvgIpc) is 3.19. The molecule has 1 fully saturated rings. The molecule has 1 heterocycles. The third-order valence-electron chi connectivity index (χ3n) is 3.46. The molecule has 3 rings (SSSR count). The smallest absolute Gasteiger partial charge is 0.326 e. The number of carboxylic acids is 1. The van der Waals surface area contributed by atoms with Gasteiger partial charge in [-0.1, -0.05) is 17.3 Å². The largest absolute Gasteiger partial charge is 0.480 e. The number of benzene rings is 1. The lowest BCUT2D eigenvalue weighted by Gasteiger charge is -2.12. The Hall–Kier alpha value is -2.37. The molecule has 20 heavy (non-hydrogen) atoms.